The van der Waals surface area contributed by atoms with E-state index in [1.807, 2.05) is 0 Å². The van der Waals surface area contributed by atoms with Gasteiger partial charge in [0.1, 0.15) is 5.82 Å². The van der Waals surface area contributed by atoms with Crippen LogP contribution < -0.4 is 0 Å². The molecule has 1 aromatic rings. The number of benzene rings is 1. The van der Waals surface area contributed by atoms with Crippen LogP contribution >= 0.6 is 0 Å². The molecule has 0 aromatic heterocycles. The second-order valence-electron chi connectivity index (χ2n) is 5.10. The van der Waals surface area contributed by atoms with E-state index in [1.165, 1.54) is 31.4 Å². The zero-order valence-corrected chi connectivity index (χ0v) is 11.0. The first kappa shape index (κ1) is 13.5. The maximum Gasteiger partial charge on any atom is 0.123 e. The van der Waals surface area contributed by atoms with Crippen molar-refractivity contribution in [2.75, 3.05) is 13.1 Å². The van der Waals surface area contributed by atoms with Gasteiger partial charge in [0, 0.05) is 12.6 Å². The van der Waals surface area contributed by atoms with Crippen LogP contribution in [0.1, 0.15) is 44.3 Å². The molecular weight excluding hydrogens is 229 g/mol. The summed E-state index contributed by atoms with van der Waals surface area (Å²) in [7, 11) is 0. The average molecular weight is 251 g/mol. The summed E-state index contributed by atoms with van der Waals surface area (Å²) < 4.78 is 12.8. The number of likely N-dealkylation sites (tertiary alicyclic amines) is 1. The number of nitrogens with zero attached hydrogens (tertiary/aromatic N) is 1. The molecule has 2 rings (SSSR count). The highest BCUT2D eigenvalue weighted by Gasteiger charge is 2.23. The van der Waals surface area contributed by atoms with Crippen LogP contribution in [0.3, 0.4) is 0 Å². The Bertz CT molecular complexity index is 365. The lowest BCUT2D eigenvalue weighted by Gasteiger charge is -2.24. The molecule has 0 saturated carbocycles. The van der Waals surface area contributed by atoms with Crippen molar-refractivity contribution in [3.8, 4) is 0 Å². The fourth-order valence-electron chi connectivity index (χ4n) is 2.79. The van der Waals surface area contributed by atoms with E-state index in [0.29, 0.717) is 6.04 Å². The Morgan fingerprint density at radius 3 is 2.78 bits per heavy atom. The van der Waals surface area contributed by atoms with E-state index < -0.39 is 6.10 Å². The molecular formula is C15H22FNO. The Labute approximate surface area is 108 Å². The number of aliphatic hydroxyl groups excluding tert-OH is 1. The SMILES string of the molecule is CCC1CCCN1CCC(O)c1ccc(F)cc1. The Balaban J connectivity index is 1.84. The van der Waals surface area contributed by atoms with E-state index in [4.69, 9.17) is 0 Å². The fourth-order valence-corrected chi connectivity index (χ4v) is 2.79. The molecule has 100 valence electrons. The third-order valence-electron chi connectivity index (χ3n) is 3.91. The Hall–Kier alpha value is -0.930. The third-order valence-corrected chi connectivity index (χ3v) is 3.91. The van der Waals surface area contributed by atoms with E-state index in [1.54, 1.807) is 12.1 Å². The molecule has 1 N–H and O–H groups in total. The smallest absolute Gasteiger partial charge is 0.123 e. The van der Waals surface area contributed by atoms with Gasteiger partial charge in [-0.1, -0.05) is 19.1 Å². The van der Waals surface area contributed by atoms with Crippen molar-refractivity contribution in [2.24, 2.45) is 0 Å². The van der Waals surface area contributed by atoms with Crippen molar-refractivity contribution in [1.82, 2.24) is 4.90 Å². The summed E-state index contributed by atoms with van der Waals surface area (Å²) in [5, 5.41) is 10.1. The van der Waals surface area contributed by atoms with Gasteiger partial charge in [-0.3, -0.25) is 0 Å². The van der Waals surface area contributed by atoms with Crippen LogP contribution in [0.5, 0.6) is 0 Å². The van der Waals surface area contributed by atoms with E-state index >= 15 is 0 Å². The van der Waals surface area contributed by atoms with Gasteiger partial charge in [-0.2, -0.15) is 0 Å². The topological polar surface area (TPSA) is 23.5 Å². The summed E-state index contributed by atoms with van der Waals surface area (Å²) >= 11 is 0. The molecule has 2 nitrogen and oxygen atoms in total. The molecule has 3 heteroatoms. The largest absolute Gasteiger partial charge is 0.388 e. The lowest BCUT2D eigenvalue weighted by atomic mass is 10.1. The molecule has 0 radical (unpaired) electrons. The molecule has 18 heavy (non-hydrogen) atoms. The highest BCUT2D eigenvalue weighted by molar-refractivity contribution is 5.18. The fraction of sp³-hybridized carbons (Fsp3) is 0.600. The van der Waals surface area contributed by atoms with Crippen molar-refractivity contribution in [1.29, 1.82) is 0 Å². The first-order valence-corrected chi connectivity index (χ1v) is 6.88. The van der Waals surface area contributed by atoms with Gasteiger partial charge in [-0.15, -0.1) is 0 Å². The number of rotatable bonds is 5. The zero-order chi connectivity index (χ0) is 13.0. The summed E-state index contributed by atoms with van der Waals surface area (Å²) in [5.41, 5.74) is 0.809. The van der Waals surface area contributed by atoms with Crippen LogP contribution in [-0.4, -0.2) is 29.1 Å². The van der Waals surface area contributed by atoms with Gasteiger partial charge in [0.2, 0.25) is 0 Å². The van der Waals surface area contributed by atoms with Gasteiger partial charge in [0.25, 0.3) is 0 Å². The second kappa shape index (κ2) is 6.30. The minimum absolute atomic E-state index is 0.253. The van der Waals surface area contributed by atoms with Gasteiger partial charge in [-0.25, -0.2) is 4.39 Å². The maximum atomic E-state index is 12.8. The van der Waals surface area contributed by atoms with Crippen LogP contribution in [0.25, 0.3) is 0 Å². The van der Waals surface area contributed by atoms with E-state index in [-0.39, 0.29) is 5.82 Å². The predicted molar refractivity (Wildman–Crippen MR) is 70.9 cm³/mol. The Morgan fingerprint density at radius 1 is 1.39 bits per heavy atom. The van der Waals surface area contributed by atoms with Crippen molar-refractivity contribution >= 4 is 0 Å². The van der Waals surface area contributed by atoms with Gasteiger partial charge >= 0.3 is 0 Å². The highest BCUT2D eigenvalue weighted by Crippen LogP contribution is 2.23. The highest BCUT2D eigenvalue weighted by atomic mass is 19.1. The number of hydrogen-bond acceptors (Lipinski definition) is 2. The predicted octanol–water partition coefficient (Wildman–Crippen LogP) is 3.12. The first-order chi connectivity index (χ1) is 8.70. The monoisotopic (exact) mass is 251 g/mol. The quantitative estimate of drug-likeness (QED) is 0.869. The zero-order valence-electron chi connectivity index (χ0n) is 11.0. The standard InChI is InChI=1S/C15H22FNO/c1-2-14-4-3-10-17(14)11-9-15(18)12-5-7-13(16)8-6-12/h5-8,14-15,18H,2-4,9-11H2,1H3. The molecule has 1 aliphatic heterocycles. The molecule has 0 bridgehead atoms. The van der Waals surface area contributed by atoms with Gasteiger partial charge in [0.05, 0.1) is 6.10 Å². The van der Waals surface area contributed by atoms with Crippen LogP contribution in [0, 0.1) is 5.82 Å². The third kappa shape index (κ3) is 3.30. The summed E-state index contributed by atoms with van der Waals surface area (Å²) in [5.74, 6) is -0.253. The molecule has 0 aliphatic carbocycles. The molecule has 0 spiro atoms. The first-order valence-electron chi connectivity index (χ1n) is 6.88. The van der Waals surface area contributed by atoms with Gasteiger partial charge < -0.3 is 10.0 Å². The summed E-state index contributed by atoms with van der Waals surface area (Å²) in [6, 6.07) is 6.83. The minimum atomic E-state index is -0.483. The van der Waals surface area contributed by atoms with Crippen molar-refractivity contribution in [3.05, 3.63) is 35.6 Å². The molecule has 1 aromatic carbocycles. The van der Waals surface area contributed by atoms with Crippen LogP contribution in [0.15, 0.2) is 24.3 Å². The molecule has 0 amide bonds. The molecule has 1 heterocycles. The maximum absolute atomic E-state index is 12.8. The van der Waals surface area contributed by atoms with E-state index in [9.17, 15) is 9.50 Å². The van der Waals surface area contributed by atoms with Crippen LogP contribution in [0.2, 0.25) is 0 Å². The number of halogens is 1. The van der Waals surface area contributed by atoms with Crippen molar-refractivity contribution in [2.45, 2.75) is 44.8 Å². The van der Waals surface area contributed by atoms with Crippen LogP contribution in [0.4, 0.5) is 4.39 Å². The summed E-state index contributed by atoms with van der Waals surface area (Å²) in [4.78, 5) is 2.47. The van der Waals surface area contributed by atoms with Crippen molar-refractivity contribution < 1.29 is 9.50 Å². The Morgan fingerprint density at radius 2 is 2.11 bits per heavy atom. The Kier molecular flexibility index (Phi) is 4.72. The minimum Gasteiger partial charge on any atom is -0.388 e. The molecule has 1 saturated heterocycles. The molecule has 1 aliphatic rings. The lowest BCUT2D eigenvalue weighted by Crippen LogP contribution is -2.30. The summed E-state index contributed by atoms with van der Waals surface area (Å²) in [6.07, 6.45) is 3.98. The van der Waals surface area contributed by atoms with Crippen LogP contribution in [-0.2, 0) is 0 Å². The number of aliphatic hydroxyl groups is 1. The molecule has 2 unspecified atom stereocenters. The lowest BCUT2D eigenvalue weighted by molar-refractivity contribution is 0.137. The second-order valence-corrected chi connectivity index (χ2v) is 5.10. The van der Waals surface area contributed by atoms with E-state index in [0.717, 1.165) is 25.1 Å². The van der Waals surface area contributed by atoms with Crippen molar-refractivity contribution in [3.63, 3.8) is 0 Å². The number of hydrogen-bond donors (Lipinski definition) is 1. The average Bonchev–Trinajstić information content (AvgIpc) is 2.84. The molecule has 1 fully saturated rings. The van der Waals surface area contributed by atoms with Gasteiger partial charge in [-0.05, 0) is 49.9 Å². The normalized spacial score (nSPS) is 22.3. The van der Waals surface area contributed by atoms with Gasteiger partial charge in [0.15, 0.2) is 0 Å². The van der Waals surface area contributed by atoms with E-state index in [2.05, 4.69) is 11.8 Å². The summed E-state index contributed by atoms with van der Waals surface area (Å²) in [6.45, 7) is 4.30. The molecule has 2 atom stereocenters.